The first-order chi connectivity index (χ1) is 22.4. The molecule has 14 nitrogen and oxygen atoms in total. The first-order valence-corrected chi connectivity index (χ1v) is 16.8. The van der Waals surface area contributed by atoms with Crippen LogP contribution < -0.4 is 9.61 Å². The number of rotatable bonds is 13. The second-order valence-corrected chi connectivity index (χ2v) is 13.1. The third kappa shape index (κ3) is 8.09. The van der Waals surface area contributed by atoms with Gasteiger partial charge in [-0.05, 0) is 57.5 Å². The summed E-state index contributed by atoms with van der Waals surface area (Å²) in [5, 5.41) is 11.7. The maximum absolute atomic E-state index is 13.6. The average Bonchev–Trinajstić information content (AvgIpc) is 3.67. The van der Waals surface area contributed by atoms with Crippen molar-refractivity contribution in [2.24, 2.45) is 0 Å². The fraction of sp³-hybridized carbons (Fsp3) is 0.375. The number of carbonyl (C=O) groups is 3. The highest BCUT2D eigenvalue weighted by molar-refractivity contribution is 7.52. The highest BCUT2D eigenvalue weighted by atomic mass is 31.2. The molecule has 0 bridgehead atoms. The fourth-order valence-corrected chi connectivity index (χ4v) is 6.59. The zero-order chi connectivity index (χ0) is 33.7. The molecule has 0 radical (unpaired) electrons. The van der Waals surface area contributed by atoms with Gasteiger partial charge in [-0.1, -0.05) is 30.3 Å². The van der Waals surface area contributed by atoms with E-state index in [4.69, 9.17) is 18.6 Å². The molecule has 0 spiro atoms. The van der Waals surface area contributed by atoms with Gasteiger partial charge in [-0.3, -0.25) is 28.8 Å². The molecule has 0 fully saturated rings. The monoisotopic (exact) mass is 666 g/mol. The first kappa shape index (κ1) is 33.9. The van der Waals surface area contributed by atoms with Gasteiger partial charge >= 0.3 is 13.7 Å². The lowest BCUT2D eigenvalue weighted by molar-refractivity contribution is -0.149. The van der Waals surface area contributed by atoms with Gasteiger partial charge in [0, 0.05) is 42.2 Å². The Morgan fingerprint density at radius 1 is 1.09 bits per heavy atom. The van der Waals surface area contributed by atoms with E-state index in [1.54, 1.807) is 49.1 Å². The smallest absolute Gasteiger partial charge is 0.459 e. The maximum Gasteiger partial charge on any atom is 0.459 e. The molecular formula is C32H39N6O8P. The van der Waals surface area contributed by atoms with E-state index in [1.165, 1.54) is 14.0 Å². The van der Waals surface area contributed by atoms with Crippen molar-refractivity contribution in [3.63, 3.8) is 0 Å². The van der Waals surface area contributed by atoms with Crippen LogP contribution >= 0.6 is 7.75 Å². The Hall–Kier alpha value is -4.49. The van der Waals surface area contributed by atoms with Gasteiger partial charge < -0.3 is 19.1 Å². The zero-order valence-electron chi connectivity index (χ0n) is 26.9. The van der Waals surface area contributed by atoms with E-state index in [2.05, 4.69) is 20.3 Å². The molecule has 3 N–H and O–H groups in total. The molecule has 2 aromatic carbocycles. The van der Waals surface area contributed by atoms with Crippen LogP contribution in [0.25, 0.3) is 10.9 Å². The van der Waals surface area contributed by atoms with E-state index in [-0.39, 0.29) is 43.2 Å². The summed E-state index contributed by atoms with van der Waals surface area (Å²) in [6, 6.07) is 15.1. The summed E-state index contributed by atoms with van der Waals surface area (Å²) in [6.07, 6.45) is 0.141. The van der Waals surface area contributed by atoms with E-state index < -0.39 is 25.7 Å². The maximum atomic E-state index is 13.6. The minimum absolute atomic E-state index is 0.130. The quantitative estimate of drug-likeness (QED) is 0.0798. The van der Waals surface area contributed by atoms with Crippen molar-refractivity contribution in [3.05, 3.63) is 82.8 Å². The van der Waals surface area contributed by atoms with Crippen molar-refractivity contribution in [2.75, 3.05) is 26.8 Å². The Labute approximate surface area is 272 Å². The van der Waals surface area contributed by atoms with E-state index in [9.17, 15) is 18.9 Å². The summed E-state index contributed by atoms with van der Waals surface area (Å²) < 4.78 is 30.0. The Kier molecular flexibility index (Phi) is 10.5. The SMILES string of the molecule is Cc1cccc2[nH]c(C(=O)N3CCc4[nH]nc(C(=O)N(C)OCCOP(=O)(N[C@@H](C)C(=O)OC(C)C)Oc5ccccc5)c4C3)cc12. The lowest BCUT2D eigenvalue weighted by Gasteiger charge is -2.27. The van der Waals surface area contributed by atoms with E-state index in [0.29, 0.717) is 24.2 Å². The predicted molar refractivity (Wildman–Crippen MR) is 173 cm³/mol. The summed E-state index contributed by atoms with van der Waals surface area (Å²) in [6.45, 7) is 7.10. The second-order valence-electron chi connectivity index (χ2n) is 11.4. The van der Waals surface area contributed by atoms with Crippen LogP contribution in [0, 0.1) is 6.92 Å². The van der Waals surface area contributed by atoms with Crippen molar-refractivity contribution in [1.29, 1.82) is 0 Å². The number of hydroxylamine groups is 2. The van der Waals surface area contributed by atoms with Crippen molar-refractivity contribution in [3.8, 4) is 5.75 Å². The summed E-state index contributed by atoms with van der Waals surface area (Å²) >= 11 is 0. The summed E-state index contributed by atoms with van der Waals surface area (Å²) in [7, 11) is -2.67. The second kappa shape index (κ2) is 14.5. The number of amides is 2. The topological polar surface area (TPSA) is 168 Å². The Bertz CT molecular complexity index is 1790. The van der Waals surface area contributed by atoms with Crippen molar-refractivity contribution >= 4 is 36.4 Å². The largest absolute Gasteiger partial charge is 0.462 e. The molecule has 4 aromatic rings. The number of ether oxygens (including phenoxy) is 1. The Morgan fingerprint density at radius 2 is 1.85 bits per heavy atom. The molecule has 47 heavy (non-hydrogen) atoms. The van der Waals surface area contributed by atoms with Crippen LogP contribution in [0.15, 0.2) is 54.6 Å². The molecule has 1 unspecified atom stereocenters. The number of benzene rings is 2. The zero-order valence-corrected chi connectivity index (χ0v) is 27.8. The molecule has 0 saturated carbocycles. The van der Waals surface area contributed by atoms with Crippen LogP contribution in [0.1, 0.15) is 58.6 Å². The van der Waals surface area contributed by atoms with Crippen molar-refractivity contribution in [1.82, 2.24) is 30.2 Å². The van der Waals surface area contributed by atoms with Gasteiger partial charge in [-0.15, -0.1) is 0 Å². The number of hydrogen-bond donors (Lipinski definition) is 3. The fourth-order valence-electron chi connectivity index (χ4n) is 5.11. The van der Waals surface area contributed by atoms with Gasteiger partial charge in [-0.2, -0.15) is 10.2 Å². The van der Waals surface area contributed by atoms with Crippen LogP contribution in [0.3, 0.4) is 0 Å². The molecule has 15 heteroatoms. The van der Waals surface area contributed by atoms with Crippen LogP contribution in [-0.4, -0.2) is 81.9 Å². The van der Waals surface area contributed by atoms with Gasteiger partial charge in [-0.25, -0.2) is 9.63 Å². The molecule has 5 rings (SSSR count). The molecule has 0 aliphatic carbocycles. The summed E-state index contributed by atoms with van der Waals surface area (Å²) in [5.41, 5.74) is 3.94. The van der Waals surface area contributed by atoms with Crippen LogP contribution in [0.4, 0.5) is 0 Å². The van der Waals surface area contributed by atoms with Crippen molar-refractivity contribution < 1.29 is 37.6 Å². The van der Waals surface area contributed by atoms with Gasteiger partial charge in [0.15, 0.2) is 5.69 Å². The minimum atomic E-state index is -4.09. The normalized spacial score (nSPS) is 14.8. The van der Waals surface area contributed by atoms with Gasteiger partial charge in [0.1, 0.15) is 17.5 Å². The highest BCUT2D eigenvalue weighted by Crippen LogP contribution is 2.44. The van der Waals surface area contributed by atoms with Crippen LogP contribution in [0.2, 0.25) is 0 Å². The molecule has 3 heterocycles. The third-order valence-electron chi connectivity index (χ3n) is 7.48. The molecule has 2 atom stereocenters. The number of aryl methyl sites for hydroxylation is 1. The number of aromatic nitrogens is 3. The standard InChI is InChI=1S/C32H39N6O8P/c1-20(2)45-32(41)22(4)36-47(42,46-23-11-7-6-8-12-23)44-17-16-43-37(5)31(40)29-25-19-38(15-14-27(25)34-35-29)30(39)28-18-24-21(3)10-9-13-26(24)33-28/h6-13,18,20,22,33H,14-17,19H2,1-5H3,(H,34,35)(H,36,42)/t22-,47?/m0/s1. The molecular weight excluding hydrogens is 627 g/mol. The van der Waals surface area contributed by atoms with Crippen LogP contribution in [0.5, 0.6) is 5.75 Å². The predicted octanol–water partition coefficient (Wildman–Crippen LogP) is 4.53. The first-order valence-electron chi connectivity index (χ1n) is 15.3. The van der Waals surface area contributed by atoms with E-state index in [1.807, 2.05) is 31.2 Å². The third-order valence-corrected chi connectivity index (χ3v) is 9.15. The number of fused-ring (bicyclic) bond motifs is 2. The molecule has 1 aliphatic rings. The molecule has 0 saturated heterocycles. The van der Waals surface area contributed by atoms with Crippen molar-refractivity contribution in [2.45, 2.75) is 52.8 Å². The summed E-state index contributed by atoms with van der Waals surface area (Å²) in [5.74, 6) is -1.07. The lowest BCUT2D eigenvalue weighted by Crippen LogP contribution is -2.37. The average molecular weight is 667 g/mol. The van der Waals surface area contributed by atoms with E-state index >= 15 is 0 Å². The molecule has 250 valence electrons. The lowest BCUT2D eigenvalue weighted by atomic mass is 10.0. The number of nitrogens with one attached hydrogen (secondary N) is 3. The van der Waals surface area contributed by atoms with Gasteiger partial charge in [0.05, 0.1) is 25.9 Å². The number of H-pyrrole nitrogens is 2. The van der Waals surface area contributed by atoms with Crippen LogP contribution in [-0.2, 0) is 36.4 Å². The van der Waals surface area contributed by atoms with Gasteiger partial charge in [0.25, 0.3) is 11.8 Å². The number of carbonyl (C=O) groups excluding carboxylic acids is 3. The van der Waals surface area contributed by atoms with E-state index in [0.717, 1.165) is 27.2 Å². The molecule has 1 aliphatic heterocycles. The highest BCUT2D eigenvalue weighted by Gasteiger charge is 2.33. The Balaban J connectivity index is 1.19. The minimum Gasteiger partial charge on any atom is -0.462 e. The van der Waals surface area contributed by atoms with Gasteiger partial charge in [0.2, 0.25) is 0 Å². The Morgan fingerprint density at radius 3 is 2.57 bits per heavy atom. The number of nitrogens with zero attached hydrogens (tertiary/aromatic N) is 3. The summed E-state index contributed by atoms with van der Waals surface area (Å²) in [4.78, 5) is 49.6. The molecule has 2 aromatic heterocycles. The number of hydrogen-bond acceptors (Lipinski definition) is 9. The number of esters is 1. The molecule has 2 amide bonds. The number of para-hydroxylation sites is 1. The number of aromatic amines is 2.